The minimum Gasteiger partial charge on any atom is -0.410 e. The van der Waals surface area contributed by atoms with E-state index in [1.54, 1.807) is 0 Å². The van der Waals surface area contributed by atoms with Gasteiger partial charge in [0.15, 0.2) is 11.9 Å². The first-order valence-corrected chi connectivity index (χ1v) is 5.81. The number of ether oxygens (including phenoxy) is 1. The highest BCUT2D eigenvalue weighted by atomic mass is 16.6. The molecule has 1 aliphatic rings. The second kappa shape index (κ2) is 4.32. The van der Waals surface area contributed by atoms with Crippen LogP contribution < -0.4 is 0 Å². The normalized spacial score (nSPS) is 20.1. The standard InChI is InChI=1S/C14H17NO2/c1-14(2,3)13-15-11(12(16)17-13)9-10-7-5-4-6-8-10/h4-8,11H,9H2,1-3H3. The third kappa shape index (κ3) is 2.73. The predicted molar refractivity (Wildman–Crippen MR) is 66.9 cm³/mol. The van der Waals surface area contributed by atoms with Crippen molar-refractivity contribution in [3.8, 4) is 0 Å². The second-order valence-electron chi connectivity index (χ2n) is 5.31. The van der Waals surface area contributed by atoms with Crippen LogP contribution in [-0.2, 0) is 16.0 Å². The number of aliphatic imine (C=N–C) groups is 1. The molecule has 0 radical (unpaired) electrons. The fourth-order valence-electron chi connectivity index (χ4n) is 1.70. The summed E-state index contributed by atoms with van der Waals surface area (Å²) in [5.74, 6) is 0.308. The zero-order valence-electron chi connectivity index (χ0n) is 10.4. The minimum atomic E-state index is -0.383. The Hall–Kier alpha value is -1.64. The molecular formula is C14H17NO2. The quantitative estimate of drug-likeness (QED) is 0.734. The summed E-state index contributed by atoms with van der Waals surface area (Å²) in [5.41, 5.74) is 0.898. The largest absolute Gasteiger partial charge is 0.410 e. The van der Waals surface area contributed by atoms with Gasteiger partial charge in [0, 0.05) is 11.8 Å². The van der Waals surface area contributed by atoms with Gasteiger partial charge in [-0.3, -0.25) is 0 Å². The summed E-state index contributed by atoms with van der Waals surface area (Å²) >= 11 is 0. The summed E-state index contributed by atoms with van der Waals surface area (Å²) < 4.78 is 5.22. The number of benzene rings is 1. The smallest absolute Gasteiger partial charge is 0.337 e. The lowest BCUT2D eigenvalue weighted by atomic mass is 9.97. The molecule has 3 nitrogen and oxygen atoms in total. The molecular weight excluding hydrogens is 214 g/mol. The number of cyclic esters (lactones) is 1. The Balaban J connectivity index is 2.13. The molecule has 90 valence electrons. The first kappa shape index (κ1) is 11.8. The lowest BCUT2D eigenvalue weighted by molar-refractivity contribution is -0.135. The van der Waals surface area contributed by atoms with Gasteiger partial charge in [-0.15, -0.1) is 0 Å². The molecule has 1 aliphatic heterocycles. The first-order chi connectivity index (χ1) is 7.97. The number of nitrogens with zero attached hydrogens (tertiary/aromatic N) is 1. The molecule has 0 saturated carbocycles. The van der Waals surface area contributed by atoms with Crippen molar-refractivity contribution in [2.24, 2.45) is 10.4 Å². The molecule has 0 saturated heterocycles. The van der Waals surface area contributed by atoms with E-state index in [9.17, 15) is 4.79 Å². The van der Waals surface area contributed by atoms with Crippen molar-refractivity contribution < 1.29 is 9.53 Å². The number of hydrogen-bond acceptors (Lipinski definition) is 3. The summed E-state index contributed by atoms with van der Waals surface area (Å²) in [5, 5.41) is 0. The van der Waals surface area contributed by atoms with Crippen LogP contribution in [0.1, 0.15) is 26.3 Å². The maximum absolute atomic E-state index is 11.7. The molecule has 0 N–H and O–H groups in total. The van der Waals surface area contributed by atoms with E-state index < -0.39 is 0 Å². The van der Waals surface area contributed by atoms with Crippen LogP contribution in [0, 0.1) is 5.41 Å². The van der Waals surface area contributed by atoms with Crippen LogP contribution in [0.4, 0.5) is 0 Å². The summed E-state index contributed by atoms with van der Waals surface area (Å²) in [7, 11) is 0. The minimum absolute atomic E-state index is 0.207. The molecule has 3 heteroatoms. The van der Waals surface area contributed by atoms with Crippen molar-refractivity contribution >= 4 is 11.9 Å². The van der Waals surface area contributed by atoms with Gasteiger partial charge in [0.1, 0.15) is 0 Å². The van der Waals surface area contributed by atoms with Gasteiger partial charge >= 0.3 is 5.97 Å². The van der Waals surface area contributed by atoms with Crippen LogP contribution in [0.15, 0.2) is 35.3 Å². The molecule has 0 amide bonds. The van der Waals surface area contributed by atoms with Crippen LogP contribution in [0.2, 0.25) is 0 Å². The maximum atomic E-state index is 11.7. The lowest BCUT2D eigenvalue weighted by Gasteiger charge is -2.15. The van der Waals surface area contributed by atoms with Gasteiger partial charge in [-0.25, -0.2) is 9.79 Å². The van der Waals surface area contributed by atoms with Crippen molar-refractivity contribution in [2.75, 3.05) is 0 Å². The number of carbonyl (C=O) groups is 1. The Morgan fingerprint density at radius 3 is 2.41 bits per heavy atom. The molecule has 1 heterocycles. The predicted octanol–water partition coefficient (Wildman–Crippen LogP) is 2.60. The van der Waals surface area contributed by atoms with E-state index in [0.717, 1.165) is 5.56 Å². The molecule has 0 spiro atoms. The van der Waals surface area contributed by atoms with E-state index in [4.69, 9.17) is 4.74 Å². The first-order valence-electron chi connectivity index (χ1n) is 5.81. The fraction of sp³-hybridized carbons (Fsp3) is 0.429. The van der Waals surface area contributed by atoms with Crippen molar-refractivity contribution in [3.63, 3.8) is 0 Å². The van der Waals surface area contributed by atoms with Crippen molar-refractivity contribution in [3.05, 3.63) is 35.9 Å². The van der Waals surface area contributed by atoms with Gasteiger partial charge in [-0.05, 0) is 5.56 Å². The summed E-state index contributed by atoms with van der Waals surface area (Å²) in [4.78, 5) is 16.1. The molecule has 2 rings (SSSR count). The van der Waals surface area contributed by atoms with E-state index in [2.05, 4.69) is 4.99 Å². The van der Waals surface area contributed by atoms with Crippen LogP contribution in [0.25, 0.3) is 0 Å². The van der Waals surface area contributed by atoms with Crippen LogP contribution >= 0.6 is 0 Å². The highest BCUT2D eigenvalue weighted by Crippen LogP contribution is 2.24. The Bertz CT molecular complexity index is 443. The molecule has 0 bridgehead atoms. The molecule has 1 unspecified atom stereocenters. The zero-order chi connectivity index (χ0) is 12.5. The van der Waals surface area contributed by atoms with Gasteiger partial charge < -0.3 is 4.74 Å². The fourth-order valence-corrected chi connectivity index (χ4v) is 1.70. The second-order valence-corrected chi connectivity index (χ2v) is 5.31. The Morgan fingerprint density at radius 1 is 1.24 bits per heavy atom. The maximum Gasteiger partial charge on any atom is 0.337 e. The highest BCUT2D eigenvalue weighted by molar-refractivity contribution is 5.99. The molecule has 1 aromatic carbocycles. The number of esters is 1. The van der Waals surface area contributed by atoms with E-state index in [1.165, 1.54) is 0 Å². The molecule has 0 aromatic heterocycles. The topological polar surface area (TPSA) is 38.7 Å². The van der Waals surface area contributed by atoms with E-state index in [0.29, 0.717) is 12.3 Å². The number of carbonyl (C=O) groups excluding carboxylic acids is 1. The Morgan fingerprint density at radius 2 is 1.88 bits per heavy atom. The van der Waals surface area contributed by atoms with Gasteiger partial charge in [0.2, 0.25) is 0 Å². The third-order valence-corrected chi connectivity index (χ3v) is 2.66. The van der Waals surface area contributed by atoms with Gasteiger partial charge in [0.25, 0.3) is 0 Å². The average molecular weight is 231 g/mol. The average Bonchev–Trinajstić information content (AvgIpc) is 2.62. The van der Waals surface area contributed by atoms with Gasteiger partial charge in [-0.2, -0.15) is 0 Å². The van der Waals surface area contributed by atoms with Crippen LogP contribution in [0.5, 0.6) is 0 Å². The SMILES string of the molecule is CC(C)(C)C1=NC(Cc2ccccc2)C(=O)O1. The van der Waals surface area contributed by atoms with E-state index >= 15 is 0 Å². The Kier molecular flexibility index (Phi) is 3.01. The van der Waals surface area contributed by atoms with Gasteiger partial charge in [-0.1, -0.05) is 51.1 Å². The monoisotopic (exact) mass is 231 g/mol. The highest BCUT2D eigenvalue weighted by Gasteiger charge is 2.34. The summed E-state index contributed by atoms with van der Waals surface area (Å²) in [6.07, 6.45) is 0.610. The summed E-state index contributed by atoms with van der Waals surface area (Å²) in [6.45, 7) is 5.97. The third-order valence-electron chi connectivity index (χ3n) is 2.66. The lowest BCUT2D eigenvalue weighted by Crippen LogP contribution is -2.22. The van der Waals surface area contributed by atoms with Crippen LogP contribution in [0.3, 0.4) is 0 Å². The van der Waals surface area contributed by atoms with Gasteiger partial charge in [0.05, 0.1) is 0 Å². The molecule has 0 aliphatic carbocycles. The molecule has 1 atom stereocenters. The van der Waals surface area contributed by atoms with Crippen molar-refractivity contribution in [1.82, 2.24) is 0 Å². The van der Waals surface area contributed by atoms with Crippen molar-refractivity contribution in [2.45, 2.75) is 33.2 Å². The van der Waals surface area contributed by atoms with Crippen molar-refractivity contribution in [1.29, 1.82) is 0 Å². The zero-order valence-corrected chi connectivity index (χ0v) is 10.4. The van der Waals surface area contributed by atoms with Crippen LogP contribution in [-0.4, -0.2) is 17.9 Å². The van der Waals surface area contributed by atoms with E-state index in [-0.39, 0.29) is 17.4 Å². The number of hydrogen-bond donors (Lipinski definition) is 0. The Labute approximate surface area is 102 Å². The van der Waals surface area contributed by atoms with E-state index in [1.807, 2.05) is 51.1 Å². The molecule has 1 aromatic rings. The summed E-state index contributed by atoms with van der Waals surface area (Å²) in [6, 6.07) is 9.50. The molecule has 0 fully saturated rings. The molecule has 17 heavy (non-hydrogen) atoms. The number of rotatable bonds is 2.